The zero-order chi connectivity index (χ0) is 11.8. The van der Waals surface area contributed by atoms with E-state index < -0.39 is 0 Å². The van der Waals surface area contributed by atoms with Crippen LogP contribution in [0.1, 0.15) is 24.6 Å². The highest BCUT2D eigenvalue weighted by Gasteiger charge is 2.01. The summed E-state index contributed by atoms with van der Waals surface area (Å²) in [5.74, 6) is 0.664. The van der Waals surface area contributed by atoms with Crippen LogP contribution in [0.25, 0.3) is 0 Å². The summed E-state index contributed by atoms with van der Waals surface area (Å²) < 4.78 is 5.37. The number of pyridine rings is 1. The van der Waals surface area contributed by atoms with Crippen molar-refractivity contribution in [3.63, 3.8) is 0 Å². The van der Waals surface area contributed by atoms with E-state index in [1.165, 1.54) is 5.56 Å². The molecule has 0 aliphatic heterocycles. The van der Waals surface area contributed by atoms with Crippen LogP contribution < -0.4 is 10.1 Å². The molecule has 0 aliphatic carbocycles. The fourth-order valence-corrected chi connectivity index (χ4v) is 1.38. The second kappa shape index (κ2) is 7.01. The molecule has 0 amide bonds. The third kappa shape index (κ3) is 4.03. The van der Waals surface area contributed by atoms with Crippen molar-refractivity contribution in [1.29, 1.82) is 0 Å². The summed E-state index contributed by atoms with van der Waals surface area (Å²) in [5, 5.41) is 3.36. The lowest BCUT2D eigenvalue weighted by molar-refractivity contribution is 0.347. The van der Waals surface area contributed by atoms with E-state index in [2.05, 4.69) is 29.9 Å². The molecule has 0 bridgehead atoms. The Labute approximate surface area is 97.5 Å². The Morgan fingerprint density at radius 2 is 2.31 bits per heavy atom. The van der Waals surface area contributed by atoms with Gasteiger partial charge >= 0.3 is 0 Å². The zero-order valence-corrected chi connectivity index (χ0v) is 10.1. The molecule has 1 heterocycles. The zero-order valence-electron chi connectivity index (χ0n) is 10.1. The van der Waals surface area contributed by atoms with Gasteiger partial charge in [-0.15, -0.1) is 0 Å². The van der Waals surface area contributed by atoms with Crippen LogP contribution in [0.5, 0.6) is 5.88 Å². The van der Waals surface area contributed by atoms with E-state index in [1.54, 1.807) is 6.08 Å². The van der Waals surface area contributed by atoms with Crippen molar-refractivity contribution in [2.24, 2.45) is 0 Å². The molecule has 88 valence electrons. The molecule has 1 rings (SSSR count). The largest absolute Gasteiger partial charge is 0.473 e. The summed E-state index contributed by atoms with van der Waals surface area (Å²) in [6.07, 6.45) is 2.86. The second-order valence-electron chi connectivity index (χ2n) is 3.67. The van der Waals surface area contributed by atoms with Crippen molar-refractivity contribution in [2.45, 2.75) is 26.8 Å². The lowest BCUT2D eigenvalue weighted by Gasteiger charge is -2.08. The van der Waals surface area contributed by atoms with Gasteiger partial charge in [0.05, 0.1) is 0 Å². The number of hydrogen-bond acceptors (Lipinski definition) is 3. The summed E-state index contributed by atoms with van der Waals surface area (Å²) in [5.41, 5.74) is 2.24. The first kappa shape index (κ1) is 12.7. The van der Waals surface area contributed by atoms with Crippen LogP contribution in [0.4, 0.5) is 0 Å². The quantitative estimate of drug-likeness (QED) is 0.566. The summed E-state index contributed by atoms with van der Waals surface area (Å²) in [4.78, 5) is 4.38. The van der Waals surface area contributed by atoms with Crippen molar-refractivity contribution in [3.8, 4) is 5.88 Å². The van der Waals surface area contributed by atoms with E-state index in [4.69, 9.17) is 4.74 Å². The van der Waals surface area contributed by atoms with Crippen molar-refractivity contribution in [2.75, 3.05) is 13.2 Å². The highest BCUT2D eigenvalue weighted by Crippen LogP contribution is 2.12. The van der Waals surface area contributed by atoms with Gasteiger partial charge in [0, 0.05) is 18.3 Å². The van der Waals surface area contributed by atoms with Gasteiger partial charge in [-0.1, -0.05) is 25.6 Å². The molecule has 0 spiro atoms. The minimum absolute atomic E-state index is 0.500. The summed E-state index contributed by atoms with van der Waals surface area (Å²) in [7, 11) is 0. The molecule has 0 saturated carbocycles. The molecule has 3 heteroatoms. The van der Waals surface area contributed by atoms with Crippen LogP contribution in [0.3, 0.4) is 0 Å². The normalized spacial score (nSPS) is 10.1. The topological polar surface area (TPSA) is 34.1 Å². The maximum atomic E-state index is 5.37. The fourth-order valence-electron chi connectivity index (χ4n) is 1.38. The first-order valence-corrected chi connectivity index (χ1v) is 5.68. The minimum Gasteiger partial charge on any atom is -0.473 e. The van der Waals surface area contributed by atoms with Crippen molar-refractivity contribution < 1.29 is 4.74 Å². The van der Waals surface area contributed by atoms with E-state index in [0.29, 0.717) is 12.5 Å². The van der Waals surface area contributed by atoms with Gasteiger partial charge in [0.1, 0.15) is 6.61 Å². The lowest BCUT2D eigenvalue weighted by Crippen LogP contribution is -2.15. The number of nitrogens with zero attached hydrogens (tertiary/aromatic N) is 1. The Morgan fingerprint density at radius 1 is 1.50 bits per heavy atom. The Morgan fingerprint density at radius 3 is 2.94 bits per heavy atom. The number of aryl methyl sites for hydroxylation is 1. The van der Waals surface area contributed by atoms with E-state index in [1.807, 2.05) is 13.0 Å². The van der Waals surface area contributed by atoms with Gasteiger partial charge in [-0.25, -0.2) is 4.98 Å². The van der Waals surface area contributed by atoms with Gasteiger partial charge < -0.3 is 10.1 Å². The molecule has 1 aromatic heterocycles. The number of ether oxygens (including phenoxy) is 1. The van der Waals surface area contributed by atoms with E-state index in [0.717, 1.165) is 25.2 Å². The molecule has 0 aromatic carbocycles. The van der Waals surface area contributed by atoms with Gasteiger partial charge in [-0.2, -0.15) is 0 Å². The third-order valence-corrected chi connectivity index (χ3v) is 2.26. The second-order valence-corrected chi connectivity index (χ2v) is 3.67. The fraction of sp³-hybridized carbons (Fsp3) is 0.462. The van der Waals surface area contributed by atoms with E-state index in [9.17, 15) is 0 Å². The first-order valence-electron chi connectivity index (χ1n) is 5.68. The predicted molar refractivity (Wildman–Crippen MR) is 66.7 cm³/mol. The van der Waals surface area contributed by atoms with Gasteiger partial charge in [-0.3, -0.25) is 0 Å². The summed E-state index contributed by atoms with van der Waals surface area (Å²) in [6, 6.07) is 3.96. The number of aromatic nitrogens is 1. The molecule has 0 atom stereocenters. The average molecular weight is 220 g/mol. The standard InChI is InChI=1S/C13H20N2O/c1-4-8-14-10-12-6-7-13(15-11(12)3)16-9-5-2/h5-7,14H,2,4,8-10H2,1,3H3. The van der Waals surface area contributed by atoms with Crippen LogP contribution in [-0.4, -0.2) is 18.1 Å². The molecular formula is C13H20N2O. The third-order valence-electron chi connectivity index (χ3n) is 2.26. The highest BCUT2D eigenvalue weighted by atomic mass is 16.5. The number of rotatable bonds is 7. The van der Waals surface area contributed by atoms with Crippen LogP contribution in [0, 0.1) is 6.92 Å². The molecule has 0 saturated heterocycles. The van der Waals surface area contributed by atoms with E-state index in [-0.39, 0.29) is 0 Å². The van der Waals surface area contributed by atoms with Crippen LogP contribution in [0.2, 0.25) is 0 Å². The molecular weight excluding hydrogens is 200 g/mol. The van der Waals surface area contributed by atoms with Crippen molar-refractivity contribution in [3.05, 3.63) is 36.0 Å². The first-order chi connectivity index (χ1) is 7.77. The molecule has 3 nitrogen and oxygen atoms in total. The Hall–Kier alpha value is -1.35. The smallest absolute Gasteiger partial charge is 0.213 e. The molecule has 1 N–H and O–H groups in total. The van der Waals surface area contributed by atoms with Gasteiger partial charge in [-0.05, 0) is 25.5 Å². The molecule has 16 heavy (non-hydrogen) atoms. The van der Waals surface area contributed by atoms with Crippen molar-refractivity contribution in [1.82, 2.24) is 10.3 Å². The van der Waals surface area contributed by atoms with Crippen LogP contribution in [-0.2, 0) is 6.54 Å². The van der Waals surface area contributed by atoms with Crippen molar-refractivity contribution >= 4 is 0 Å². The van der Waals surface area contributed by atoms with Crippen LogP contribution in [0.15, 0.2) is 24.8 Å². The summed E-state index contributed by atoms with van der Waals surface area (Å²) >= 11 is 0. The SMILES string of the molecule is C=CCOc1ccc(CNCCC)c(C)n1. The Bertz CT molecular complexity index is 337. The number of hydrogen-bond donors (Lipinski definition) is 1. The maximum Gasteiger partial charge on any atom is 0.213 e. The monoisotopic (exact) mass is 220 g/mol. The average Bonchev–Trinajstić information content (AvgIpc) is 2.29. The van der Waals surface area contributed by atoms with Gasteiger partial charge in [0.25, 0.3) is 0 Å². The highest BCUT2D eigenvalue weighted by molar-refractivity contribution is 5.24. The van der Waals surface area contributed by atoms with E-state index >= 15 is 0 Å². The van der Waals surface area contributed by atoms with Crippen LogP contribution >= 0.6 is 0 Å². The Balaban J connectivity index is 2.56. The van der Waals surface area contributed by atoms with Gasteiger partial charge in [0.15, 0.2) is 0 Å². The maximum absolute atomic E-state index is 5.37. The molecule has 0 aliphatic rings. The summed E-state index contributed by atoms with van der Waals surface area (Å²) in [6.45, 7) is 10.2. The predicted octanol–water partition coefficient (Wildman–Crippen LogP) is 2.45. The number of nitrogens with one attached hydrogen (secondary N) is 1. The Kier molecular flexibility index (Phi) is 5.57. The lowest BCUT2D eigenvalue weighted by atomic mass is 10.2. The molecule has 0 unspecified atom stereocenters. The molecule has 0 radical (unpaired) electrons. The molecule has 1 aromatic rings. The van der Waals surface area contributed by atoms with Gasteiger partial charge in [0.2, 0.25) is 5.88 Å². The minimum atomic E-state index is 0.500. The molecule has 0 fully saturated rings.